The number of fused-ring (bicyclic) bond motifs is 1. The van der Waals surface area contributed by atoms with E-state index in [4.69, 9.17) is 4.98 Å². The van der Waals surface area contributed by atoms with E-state index in [9.17, 15) is 0 Å². The van der Waals surface area contributed by atoms with E-state index in [0.717, 1.165) is 12.1 Å². The molecule has 1 saturated heterocycles. The van der Waals surface area contributed by atoms with Gasteiger partial charge in [-0.05, 0) is 50.0 Å². The first kappa shape index (κ1) is 15.4. The van der Waals surface area contributed by atoms with Crippen LogP contribution in [-0.4, -0.2) is 34.1 Å². The number of hydrogen-bond donors (Lipinski definition) is 0. The van der Waals surface area contributed by atoms with Gasteiger partial charge in [0.25, 0.3) is 0 Å². The van der Waals surface area contributed by atoms with Crippen molar-refractivity contribution in [2.75, 3.05) is 19.6 Å². The Kier molecular flexibility index (Phi) is 4.35. The van der Waals surface area contributed by atoms with E-state index in [0.29, 0.717) is 5.92 Å². The highest BCUT2D eigenvalue weighted by Gasteiger charge is 2.27. The minimum atomic E-state index is 0.569. The van der Waals surface area contributed by atoms with Crippen molar-refractivity contribution in [1.29, 1.82) is 0 Å². The van der Waals surface area contributed by atoms with Crippen LogP contribution in [0, 0.1) is 0 Å². The molecule has 0 radical (unpaired) electrons. The molecule has 1 fully saturated rings. The number of para-hydroxylation sites is 2. The summed E-state index contributed by atoms with van der Waals surface area (Å²) in [6.07, 6.45) is 3.63. The summed E-state index contributed by atoms with van der Waals surface area (Å²) < 4.78 is 2.29. The van der Waals surface area contributed by atoms with E-state index in [1.54, 1.807) is 0 Å². The van der Waals surface area contributed by atoms with Gasteiger partial charge in [0, 0.05) is 19.5 Å². The minimum absolute atomic E-state index is 0.569. The summed E-state index contributed by atoms with van der Waals surface area (Å²) in [6, 6.07) is 19.3. The van der Waals surface area contributed by atoms with Gasteiger partial charge in [-0.25, -0.2) is 4.98 Å². The number of likely N-dealkylation sites (tertiary alicyclic amines) is 1. The van der Waals surface area contributed by atoms with Crippen LogP contribution in [0.1, 0.15) is 30.1 Å². The molecule has 4 rings (SSSR count). The van der Waals surface area contributed by atoms with Crippen LogP contribution < -0.4 is 0 Å². The van der Waals surface area contributed by atoms with Crippen molar-refractivity contribution in [3.8, 4) is 0 Å². The fraction of sp³-hybridized carbons (Fsp3) is 0.381. The predicted octanol–water partition coefficient (Wildman–Crippen LogP) is 4.00. The molecule has 1 aliphatic heterocycles. The van der Waals surface area contributed by atoms with Gasteiger partial charge in [0.2, 0.25) is 0 Å². The van der Waals surface area contributed by atoms with Crippen molar-refractivity contribution in [2.45, 2.75) is 25.2 Å². The molecule has 0 spiro atoms. The van der Waals surface area contributed by atoms with E-state index >= 15 is 0 Å². The monoisotopic (exact) mass is 319 g/mol. The molecule has 0 saturated carbocycles. The average molecular weight is 319 g/mol. The van der Waals surface area contributed by atoms with E-state index < -0.39 is 0 Å². The summed E-state index contributed by atoms with van der Waals surface area (Å²) in [5, 5.41) is 0. The van der Waals surface area contributed by atoms with Crippen LogP contribution in [0.25, 0.3) is 11.0 Å². The Balaban J connectivity index is 1.36. The quantitative estimate of drug-likeness (QED) is 0.709. The van der Waals surface area contributed by atoms with Crippen LogP contribution in [0.2, 0.25) is 0 Å². The molecule has 0 amide bonds. The lowest BCUT2D eigenvalue weighted by Crippen LogP contribution is -2.22. The van der Waals surface area contributed by atoms with Gasteiger partial charge in [-0.15, -0.1) is 0 Å². The molecule has 1 aromatic heterocycles. The Bertz CT molecular complexity index is 806. The summed E-state index contributed by atoms with van der Waals surface area (Å²) in [5.41, 5.74) is 3.82. The second kappa shape index (κ2) is 6.78. The number of nitrogens with zero attached hydrogens (tertiary/aromatic N) is 3. The second-order valence-corrected chi connectivity index (χ2v) is 6.89. The summed E-state index contributed by atoms with van der Waals surface area (Å²) in [5.74, 6) is 1.82. The third kappa shape index (κ3) is 3.09. The van der Waals surface area contributed by atoms with Crippen LogP contribution in [0.5, 0.6) is 0 Å². The standard InChI is InChI=1S/C21H25N3/c1-23-20-12-6-5-11-19(20)22-21(23)18-13-15-24(16-18)14-7-10-17-8-3-2-4-9-17/h2-6,8-9,11-12,18H,7,10,13-16H2,1H3/t18-/m0/s1. The molecule has 3 heteroatoms. The predicted molar refractivity (Wildman–Crippen MR) is 99.3 cm³/mol. The fourth-order valence-corrected chi connectivity index (χ4v) is 3.93. The lowest BCUT2D eigenvalue weighted by molar-refractivity contribution is 0.328. The van der Waals surface area contributed by atoms with E-state index in [2.05, 4.69) is 71.1 Å². The zero-order chi connectivity index (χ0) is 16.4. The Morgan fingerprint density at radius 3 is 2.67 bits per heavy atom. The highest BCUT2D eigenvalue weighted by Crippen LogP contribution is 2.28. The fourth-order valence-electron chi connectivity index (χ4n) is 3.93. The largest absolute Gasteiger partial charge is 0.331 e. The van der Waals surface area contributed by atoms with Gasteiger partial charge in [-0.1, -0.05) is 42.5 Å². The third-order valence-corrected chi connectivity index (χ3v) is 5.24. The molecule has 24 heavy (non-hydrogen) atoms. The van der Waals surface area contributed by atoms with Crippen LogP contribution in [0.3, 0.4) is 0 Å². The van der Waals surface area contributed by atoms with Crippen LogP contribution in [0.4, 0.5) is 0 Å². The summed E-state index contributed by atoms with van der Waals surface area (Å²) in [7, 11) is 2.16. The third-order valence-electron chi connectivity index (χ3n) is 5.24. The molecule has 2 heterocycles. The van der Waals surface area contributed by atoms with E-state index in [1.165, 1.54) is 49.3 Å². The molecule has 0 bridgehead atoms. The summed E-state index contributed by atoms with van der Waals surface area (Å²) in [6.45, 7) is 3.53. The topological polar surface area (TPSA) is 21.1 Å². The normalized spacial score (nSPS) is 18.5. The number of benzene rings is 2. The number of aromatic nitrogens is 2. The van der Waals surface area contributed by atoms with Crippen LogP contribution in [-0.2, 0) is 13.5 Å². The van der Waals surface area contributed by atoms with Gasteiger partial charge >= 0.3 is 0 Å². The molecular formula is C21H25N3. The maximum absolute atomic E-state index is 4.89. The zero-order valence-corrected chi connectivity index (χ0v) is 14.4. The minimum Gasteiger partial charge on any atom is -0.331 e. The van der Waals surface area contributed by atoms with Gasteiger partial charge in [0.05, 0.1) is 11.0 Å². The highest BCUT2D eigenvalue weighted by molar-refractivity contribution is 5.75. The first-order valence-corrected chi connectivity index (χ1v) is 8.99. The molecule has 2 aromatic carbocycles. The molecule has 0 unspecified atom stereocenters. The number of rotatable bonds is 5. The van der Waals surface area contributed by atoms with Crippen LogP contribution >= 0.6 is 0 Å². The Morgan fingerprint density at radius 1 is 1.04 bits per heavy atom. The molecule has 1 atom stereocenters. The van der Waals surface area contributed by atoms with Gasteiger partial charge in [-0.3, -0.25) is 0 Å². The first-order chi connectivity index (χ1) is 11.8. The van der Waals surface area contributed by atoms with Crippen molar-refractivity contribution >= 4 is 11.0 Å². The van der Waals surface area contributed by atoms with E-state index in [1.807, 2.05) is 0 Å². The van der Waals surface area contributed by atoms with Crippen molar-refractivity contribution in [3.05, 3.63) is 66.0 Å². The molecule has 1 aliphatic rings. The number of imidazole rings is 1. The van der Waals surface area contributed by atoms with Gasteiger partial charge < -0.3 is 9.47 Å². The van der Waals surface area contributed by atoms with Gasteiger partial charge in [0.15, 0.2) is 0 Å². The molecule has 0 N–H and O–H groups in total. The number of hydrogen-bond acceptors (Lipinski definition) is 2. The number of aryl methyl sites for hydroxylation is 2. The summed E-state index contributed by atoms with van der Waals surface area (Å²) >= 11 is 0. The first-order valence-electron chi connectivity index (χ1n) is 8.99. The smallest absolute Gasteiger partial charge is 0.114 e. The van der Waals surface area contributed by atoms with Crippen LogP contribution in [0.15, 0.2) is 54.6 Å². The highest BCUT2D eigenvalue weighted by atomic mass is 15.2. The second-order valence-electron chi connectivity index (χ2n) is 6.89. The molecule has 0 aliphatic carbocycles. The zero-order valence-electron chi connectivity index (χ0n) is 14.4. The van der Waals surface area contributed by atoms with Crippen molar-refractivity contribution in [3.63, 3.8) is 0 Å². The molecular weight excluding hydrogens is 294 g/mol. The van der Waals surface area contributed by atoms with Crippen molar-refractivity contribution in [2.24, 2.45) is 7.05 Å². The Hall–Kier alpha value is -2.13. The van der Waals surface area contributed by atoms with Gasteiger partial charge in [-0.2, -0.15) is 0 Å². The van der Waals surface area contributed by atoms with Crippen molar-refractivity contribution < 1.29 is 0 Å². The molecule has 124 valence electrons. The molecule has 3 nitrogen and oxygen atoms in total. The van der Waals surface area contributed by atoms with Gasteiger partial charge in [0.1, 0.15) is 5.82 Å². The average Bonchev–Trinajstić information content (AvgIpc) is 3.21. The summed E-state index contributed by atoms with van der Waals surface area (Å²) in [4.78, 5) is 7.50. The van der Waals surface area contributed by atoms with E-state index in [-0.39, 0.29) is 0 Å². The van der Waals surface area contributed by atoms with Crippen molar-refractivity contribution in [1.82, 2.24) is 14.5 Å². The Morgan fingerprint density at radius 2 is 1.83 bits per heavy atom. The Labute approximate surface area is 143 Å². The molecule has 3 aromatic rings. The maximum atomic E-state index is 4.89. The maximum Gasteiger partial charge on any atom is 0.114 e. The lowest BCUT2D eigenvalue weighted by atomic mass is 10.1. The SMILES string of the molecule is Cn1c([C@H]2CCN(CCCc3ccccc3)C2)nc2ccccc21. The lowest BCUT2D eigenvalue weighted by Gasteiger charge is -2.16.